The molecule has 0 fully saturated rings. The Labute approximate surface area is 175 Å². The number of para-hydroxylation sites is 2. The summed E-state index contributed by atoms with van der Waals surface area (Å²) in [7, 11) is 1.73. The SMILES string of the molecule is CN(CC(=O)Nc1ccccc1Br)Cc1nc2ccccc2c(=O)n1CC(N)=O. The summed E-state index contributed by atoms with van der Waals surface area (Å²) in [4.78, 5) is 42.8. The zero-order chi connectivity index (χ0) is 21.0. The summed E-state index contributed by atoms with van der Waals surface area (Å²) < 4.78 is 2.04. The van der Waals surface area contributed by atoms with Gasteiger partial charge in [-0.15, -0.1) is 0 Å². The van der Waals surface area contributed by atoms with Crippen molar-refractivity contribution in [3.8, 4) is 0 Å². The summed E-state index contributed by atoms with van der Waals surface area (Å²) in [5.41, 5.74) is 6.17. The number of benzene rings is 2. The van der Waals surface area contributed by atoms with Crippen molar-refractivity contribution in [2.45, 2.75) is 13.1 Å². The molecule has 0 spiro atoms. The molecule has 0 unspecified atom stereocenters. The number of carbonyl (C=O) groups is 2. The van der Waals surface area contributed by atoms with E-state index in [9.17, 15) is 14.4 Å². The Bertz CT molecular complexity index is 1130. The van der Waals surface area contributed by atoms with Crippen LogP contribution in [0.4, 0.5) is 5.69 Å². The molecule has 8 nitrogen and oxygen atoms in total. The van der Waals surface area contributed by atoms with Crippen molar-refractivity contribution < 1.29 is 9.59 Å². The van der Waals surface area contributed by atoms with Crippen LogP contribution in [0.25, 0.3) is 10.9 Å². The van der Waals surface area contributed by atoms with E-state index in [2.05, 4.69) is 26.2 Å². The molecule has 29 heavy (non-hydrogen) atoms. The van der Waals surface area contributed by atoms with Crippen molar-refractivity contribution in [1.82, 2.24) is 14.5 Å². The summed E-state index contributed by atoms with van der Waals surface area (Å²) >= 11 is 3.39. The fourth-order valence-electron chi connectivity index (χ4n) is 2.95. The number of rotatable bonds is 7. The van der Waals surface area contributed by atoms with Gasteiger partial charge in [-0.3, -0.25) is 23.9 Å². The van der Waals surface area contributed by atoms with Crippen LogP contribution < -0.4 is 16.6 Å². The average Bonchev–Trinajstić information content (AvgIpc) is 2.66. The predicted molar refractivity (Wildman–Crippen MR) is 114 cm³/mol. The topological polar surface area (TPSA) is 110 Å². The van der Waals surface area contributed by atoms with Gasteiger partial charge in [0.05, 0.1) is 29.7 Å². The highest BCUT2D eigenvalue weighted by atomic mass is 79.9. The maximum Gasteiger partial charge on any atom is 0.261 e. The Morgan fingerprint density at radius 1 is 1.17 bits per heavy atom. The number of halogens is 1. The number of fused-ring (bicyclic) bond motifs is 1. The van der Waals surface area contributed by atoms with Gasteiger partial charge in [0, 0.05) is 4.47 Å². The first-order valence-corrected chi connectivity index (χ1v) is 9.64. The van der Waals surface area contributed by atoms with E-state index in [-0.39, 0.29) is 31.1 Å². The molecule has 0 aliphatic carbocycles. The van der Waals surface area contributed by atoms with Gasteiger partial charge in [-0.2, -0.15) is 0 Å². The number of nitrogens with one attached hydrogen (secondary N) is 1. The second-order valence-corrected chi connectivity index (χ2v) is 7.46. The number of amides is 2. The van der Waals surface area contributed by atoms with E-state index >= 15 is 0 Å². The summed E-state index contributed by atoms with van der Waals surface area (Å²) in [5, 5.41) is 3.23. The fourth-order valence-corrected chi connectivity index (χ4v) is 3.33. The molecule has 1 aromatic heterocycles. The van der Waals surface area contributed by atoms with E-state index in [1.54, 1.807) is 42.3 Å². The lowest BCUT2D eigenvalue weighted by Gasteiger charge is -2.19. The van der Waals surface area contributed by atoms with Gasteiger partial charge in [0.25, 0.3) is 5.56 Å². The number of hydrogen-bond donors (Lipinski definition) is 2. The third-order valence-electron chi connectivity index (χ3n) is 4.23. The minimum Gasteiger partial charge on any atom is -0.368 e. The van der Waals surface area contributed by atoms with Crippen LogP contribution >= 0.6 is 15.9 Å². The van der Waals surface area contributed by atoms with Crippen LogP contribution in [0.1, 0.15) is 5.82 Å². The number of likely N-dealkylation sites (N-methyl/N-ethyl adjacent to an activating group) is 1. The van der Waals surface area contributed by atoms with Gasteiger partial charge < -0.3 is 11.1 Å². The fraction of sp³-hybridized carbons (Fsp3) is 0.200. The Morgan fingerprint density at radius 3 is 2.59 bits per heavy atom. The first-order chi connectivity index (χ1) is 13.8. The van der Waals surface area contributed by atoms with Crippen molar-refractivity contribution >= 4 is 44.3 Å². The highest BCUT2D eigenvalue weighted by Crippen LogP contribution is 2.21. The van der Waals surface area contributed by atoms with Gasteiger partial charge in [0.1, 0.15) is 12.4 Å². The molecule has 0 saturated carbocycles. The Kier molecular flexibility index (Phi) is 6.40. The molecular weight excluding hydrogens is 438 g/mol. The second-order valence-electron chi connectivity index (χ2n) is 6.60. The normalized spacial score (nSPS) is 11.0. The van der Waals surface area contributed by atoms with Crippen LogP contribution in [0.5, 0.6) is 0 Å². The second kappa shape index (κ2) is 8.97. The first-order valence-electron chi connectivity index (χ1n) is 8.85. The molecule has 9 heteroatoms. The van der Waals surface area contributed by atoms with Crippen LogP contribution in [0, 0.1) is 0 Å². The summed E-state index contributed by atoms with van der Waals surface area (Å²) in [6.45, 7) is -0.0136. The van der Waals surface area contributed by atoms with Gasteiger partial charge in [-0.05, 0) is 47.2 Å². The highest BCUT2D eigenvalue weighted by Gasteiger charge is 2.16. The number of nitrogens with zero attached hydrogens (tertiary/aromatic N) is 3. The molecule has 3 aromatic rings. The van der Waals surface area contributed by atoms with Crippen molar-refractivity contribution in [2.24, 2.45) is 5.73 Å². The Morgan fingerprint density at radius 2 is 1.86 bits per heavy atom. The smallest absolute Gasteiger partial charge is 0.261 e. The summed E-state index contributed by atoms with van der Waals surface area (Å²) in [6.07, 6.45) is 0. The molecule has 2 amide bonds. The minimum atomic E-state index is -0.639. The van der Waals surface area contributed by atoms with Crippen molar-refractivity contribution in [3.05, 3.63) is 69.2 Å². The third-order valence-corrected chi connectivity index (χ3v) is 4.92. The van der Waals surface area contributed by atoms with Crippen molar-refractivity contribution in [3.63, 3.8) is 0 Å². The number of nitrogens with two attached hydrogens (primary N) is 1. The van der Waals surface area contributed by atoms with Gasteiger partial charge in [-0.25, -0.2) is 4.98 Å². The lowest BCUT2D eigenvalue weighted by Crippen LogP contribution is -2.36. The van der Waals surface area contributed by atoms with E-state index < -0.39 is 5.91 Å². The van der Waals surface area contributed by atoms with Crippen molar-refractivity contribution in [2.75, 3.05) is 18.9 Å². The van der Waals surface area contributed by atoms with E-state index in [4.69, 9.17) is 5.73 Å². The standard InChI is InChI=1S/C20H20BrN5O3/c1-25(12-19(28)24-16-9-5-3-7-14(16)21)11-18-23-15-8-4-2-6-13(15)20(29)26(18)10-17(22)27/h2-9H,10-12H2,1H3,(H2,22,27)(H,24,28). The molecule has 0 aliphatic rings. The zero-order valence-corrected chi connectivity index (χ0v) is 17.3. The lowest BCUT2D eigenvalue weighted by atomic mass is 10.2. The van der Waals surface area contributed by atoms with Crippen LogP contribution in [0.3, 0.4) is 0 Å². The molecule has 2 aromatic carbocycles. The van der Waals surface area contributed by atoms with Crippen LogP contribution in [0.15, 0.2) is 57.8 Å². The average molecular weight is 458 g/mol. The van der Waals surface area contributed by atoms with Gasteiger partial charge in [0.15, 0.2) is 0 Å². The first kappa shape index (κ1) is 20.7. The molecule has 0 saturated heterocycles. The quantitative estimate of drug-likeness (QED) is 0.560. The Hall–Kier alpha value is -3.04. The number of aromatic nitrogens is 2. The van der Waals surface area contributed by atoms with Crippen LogP contribution in [0.2, 0.25) is 0 Å². The monoisotopic (exact) mass is 457 g/mol. The largest absolute Gasteiger partial charge is 0.368 e. The predicted octanol–water partition coefficient (Wildman–Crippen LogP) is 1.71. The lowest BCUT2D eigenvalue weighted by molar-refractivity contribution is -0.119. The zero-order valence-electron chi connectivity index (χ0n) is 15.8. The molecule has 0 atom stereocenters. The third kappa shape index (κ3) is 5.07. The van der Waals surface area contributed by atoms with Gasteiger partial charge in [0.2, 0.25) is 11.8 Å². The molecule has 3 N–H and O–H groups in total. The maximum atomic E-state index is 12.8. The van der Waals surface area contributed by atoms with Crippen LogP contribution in [-0.4, -0.2) is 39.9 Å². The number of primary amides is 1. The molecular formula is C20H20BrN5O3. The molecule has 0 aliphatic heterocycles. The maximum absolute atomic E-state index is 12.8. The van der Waals surface area contributed by atoms with E-state index in [0.29, 0.717) is 22.4 Å². The minimum absolute atomic E-state index is 0.0700. The molecule has 1 heterocycles. The number of carbonyl (C=O) groups excluding carboxylic acids is 2. The molecule has 3 rings (SSSR count). The van der Waals surface area contributed by atoms with Gasteiger partial charge >= 0.3 is 0 Å². The summed E-state index contributed by atoms with van der Waals surface area (Å²) in [6, 6.07) is 14.2. The molecule has 150 valence electrons. The van der Waals surface area contributed by atoms with Crippen molar-refractivity contribution in [1.29, 1.82) is 0 Å². The summed E-state index contributed by atoms with van der Waals surface area (Å²) in [5.74, 6) is -0.493. The Balaban J connectivity index is 1.81. The van der Waals surface area contributed by atoms with E-state index in [1.165, 1.54) is 4.57 Å². The van der Waals surface area contributed by atoms with E-state index in [1.807, 2.05) is 18.2 Å². The van der Waals surface area contributed by atoms with Crippen LogP contribution in [-0.2, 0) is 22.7 Å². The highest BCUT2D eigenvalue weighted by molar-refractivity contribution is 9.10. The van der Waals surface area contributed by atoms with E-state index in [0.717, 1.165) is 4.47 Å². The van der Waals surface area contributed by atoms with Gasteiger partial charge in [-0.1, -0.05) is 24.3 Å². The molecule has 0 radical (unpaired) electrons. The number of anilines is 1. The number of hydrogen-bond acceptors (Lipinski definition) is 5. The molecule has 0 bridgehead atoms.